The second kappa shape index (κ2) is 4.41. The fraction of sp³-hybridized carbons (Fsp3) is 0.636. The van der Waals surface area contributed by atoms with Crippen LogP contribution in [0, 0.1) is 0 Å². The van der Waals surface area contributed by atoms with Gasteiger partial charge < -0.3 is 10.0 Å². The summed E-state index contributed by atoms with van der Waals surface area (Å²) >= 11 is 1.31. The smallest absolute Gasteiger partial charge is 0.347 e. The largest absolute Gasteiger partial charge is 0.477 e. The van der Waals surface area contributed by atoms with Gasteiger partial charge in [0.05, 0.1) is 5.69 Å². The number of aromatic carboxylic acids is 1. The molecule has 1 saturated heterocycles. The number of carbonyl (C=O) groups is 1. The lowest BCUT2D eigenvalue weighted by molar-refractivity contribution is 0.0700. The van der Waals surface area contributed by atoms with Crippen molar-refractivity contribution in [1.29, 1.82) is 0 Å². The van der Waals surface area contributed by atoms with Crippen molar-refractivity contribution in [3.8, 4) is 0 Å². The van der Waals surface area contributed by atoms with Crippen molar-refractivity contribution in [3.63, 3.8) is 0 Å². The van der Waals surface area contributed by atoms with E-state index < -0.39 is 5.97 Å². The molecule has 0 bridgehead atoms. The maximum Gasteiger partial charge on any atom is 0.347 e. The average molecular weight is 240 g/mol. The van der Waals surface area contributed by atoms with Crippen LogP contribution < -0.4 is 4.90 Å². The van der Waals surface area contributed by atoms with E-state index in [2.05, 4.69) is 9.88 Å². The van der Waals surface area contributed by atoms with Crippen molar-refractivity contribution in [2.75, 3.05) is 18.0 Å². The van der Waals surface area contributed by atoms with Crippen LogP contribution >= 0.6 is 11.3 Å². The molecule has 1 aliphatic heterocycles. The highest BCUT2D eigenvalue weighted by atomic mass is 32.1. The molecule has 0 atom stereocenters. The average Bonchev–Trinajstić information content (AvgIpc) is 2.86. The normalized spacial score (nSPS) is 16.1. The van der Waals surface area contributed by atoms with Crippen LogP contribution in [0.1, 0.15) is 48.0 Å². The van der Waals surface area contributed by atoms with Crippen molar-refractivity contribution in [2.45, 2.75) is 32.6 Å². The molecular formula is C11H16N2O2S. The van der Waals surface area contributed by atoms with Crippen LogP contribution in [-0.2, 0) is 0 Å². The number of carboxylic acid groups (broad SMARTS) is 1. The molecule has 0 unspecified atom stereocenters. The second-order valence-corrected chi connectivity index (χ2v) is 5.34. The predicted molar refractivity (Wildman–Crippen MR) is 64.6 cm³/mol. The third-order valence-corrected chi connectivity index (χ3v) is 3.88. The highest BCUT2D eigenvalue weighted by Gasteiger charge is 2.23. The van der Waals surface area contributed by atoms with Crippen LogP contribution in [0.5, 0.6) is 0 Å². The van der Waals surface area contributed by atoms with Gasteiger partial charge in [0.15, 0.2) is 5.13 Å². The second-order valence-electron chi connectivity index (χ2n) is 4.36. The number of aromatic nitrogens is 1. The predicted octanol–water partition coefficient (Wildman–Crippen LogP) is 2.56. The first-order valence-electron chi connectivity index (χ1n) is 5.58. The third-order valence-electron chi connectivity index (χ3n) is 2.76. The van der Waals surface area contributed by atoms with E-state index in [1.165, 1.54) is 24.2 Å². The van der Waals surface area contributed by atoms with E-state index in [9.17, 15) is 4.79 Å². The van der Waals surface area contributed by atoms with Gasteiger partial charge in [-0.1, -0.05) is 25.2 Å². The molecule has 0 radical (unpaired) electrons. The Labute approximate surface area is 98.9 Å². The first-order valence-corrected chi connectivity index (χ1v) is 6.40. The molecule has 0 saturated carbocycles. The van der Waals surface area contributed by atoms with Crippen LogP contribution in [0.4, 0.5) is 5.13 Å². The SMILES string of the molecule is CC(C)c1nc(N2CCCC2)sc1C(=O)O. The molecule has 2 heterocycles. The Morgan fingerprint density at radius 2 is 2.06 bits per heavy atom. The van der Waals surface area contributed by atoms with E-state index in [4.69, 9.17) is 5.11 Å². The number of anilines is 1. The molecule has 0 amide bonds. The Morgan fingerprint density at radius 3 is 2.50 bits per heavy atom. The van der Waals surface area contributed by atoms with Gasteiger partial charge in [0.2, 0.25) is 0 Å². The molecule has 88 valence electrons. The highest BCUT2D eigenvalue weighted by Crippen LogP contribution is 2.32. The summed E-state index contributed by atoms with van der Waals surface area (Å²) in [6, 6.07) is 0. The topological polar surface area (TPSA) is 53.4 Å². The zero-order chi connectivity index (χ0) is 11.7. The number of carboxylic acids is 1. The van der Waals surface area contributed by atoms with Crippen LogP contribution in [0.25, 0.3) is 0 Å². The maximum atomic E-state index is 11.1. The first kappa shape index (κ1) is 11.4. The number of thiazole rings is 1. The van der Waals surface area contributed by atoms with Crippen molar-refractivity contribution in [3.05, 3.63) is 10.6 Å². The maximum absolute atomic E-state index is 11.1. The van der Waals surface area contributed by atoms with Crippen LogP contribution in [-0.4, -0.2) is 29.1 Å². The van der Waals surface area contributed by atoms with Gasteiger partial charge in [-0.2, -0.15) is 0 Å². The van der Waals surface area contributed by atoms with Gasteiger partial charge in [0, 0.05) is 13.1 Å². The van der Waals surface area contributed by atoms with E-state index in [0.717, 1.165) is 23.9 Å². The summed E-state index contributed by atoms with van der Waals surface area (Å²) in [5.41, 5.74) is 0.722. The fourth-order valence-electron chi connectivity index (χ4n) is 1.91. The van der Waals surface area contributed by atoms with E-state index in [0.29, 0.717) is 4.88 Å². The molecule has 0 aromatic carbocycles. The first-order chi connectivity index (χ1) is 7.59. The number of hydrogen-bond donors (Lipinski definition) is 1. The molecule has 1 aromatic rings. The van der Waals surface area contributed by atoms with Gasteiger partial charge in [0.25, 0.3) is 0 Å². The monoisotopic (exact) mass is 240 g/mol. The summed E-state index contributed by atoms with van der Waals surface area (Å²) < 4.78 is 0. The Kier molecular flexibility index (Phi) is 3.14. The molecule has 1 N–H and O–H groups in total. The number of nitrogens with zero attached hydrogens (tertiary/aromatic N) is 2. The van der Waals surface area contributed by atoms with E-state index in [1.54, 1.807) is 0 Å². The lowest BCUT2D eigenvalue weighted by Crippen LogP contribution is -2.17. The number of hydrogen-bond acceptors (Lipinski definition) is 4. The van der Waals surface area contributed by atoms with Gasteiger partial charge in [-0.05, 0) is 18.8 Å². The molecule has 1 fully saturated rings. The lowest BCUT2D eigenvalue weighted by atomic mass is 10.1. The Bertz CT molecular complexity index is 395. The van der Waals surface area contributed by atoms with Gasteiger partial charge in [0.1, 0.15) is 4.88 Å². The van der Waals surface area contributed by atoms with E-state index in [-0.39, 0.29) is 5.92 Å². The van der Waals surface area contributed by atoms with Gasteiger partial charge in [-0.25, -0.2) is 9.78 Å². The minimum absolute atomic E-state index is 0.165. The molecule has 2 rings (SSSR count). The summed E-state index contributed by atoms with van der Waals surface area (Å²) in [7, 11) is 0. The van der Waals surface area contributed by atoms with E-state index in [1.807, 2.05) is 13.8 Å². The zero-order valence-electron chi connectivity index (χ0n) is 9.56. The molecule has 16 heavy (non-hydrogen) atoms. The molecule has 0 spiro atoms. The number of rotatable bonds is 3. The molecular weight excluding hydrogens is 224 g/mol. The molecule has 0 aliphatic carbocycles. The zero-order valence-corrected chi connectivity index (χ0v) is 10.4. The van der Waals surface area contributed by atoms with Gasteiger partial charge >= 0.3 is 5.97 Å². The summed E-state index contributed by atoms with van der Waals surface area (Å²) in [6.07, 6.45) is 2.36. The van der Waals surface area contributed by atoms with Gasteiger partial charge in [-0.15, -0.1) is 0 Å². The van der Waals surface area contributed by atoms with Gasteiger partial charge in [-0.3, -0.25) is 0 Å². The van der Waals surface area contributed by atoms with Crippen molar-refractivity contribution >= 4 is 22.4 Å². The summed E-state index contributed by atoms with van der Waals surface area (Å²) in [5, 5.41) is 10.00. The highest BCUT2D eigenvalue weighted by molar-refractivity contribution is 7.17. The van der Waals surface area contributed by atoms with Crippen LogP contribution in [0.3, 0.4) is 0 Å². The minimum atomic E-state index is -0.855. The van der Waals surface area contributed by atoms with Crippen molar-refractivity contribution < 1.29 is 9.90 Å². The van der Waals surface area contributed by atoms with E-state index >= 15 is 0 Å². The summed E-state index contributed by atoms with van der Waals surface area (Å²) in [4.78, 5) is 18.2. The minimum Gasteiger partial charge on any atom is -0.477 e. The molecule has 1 aliphatic rings. The van der Waals surface area contributed by atoms with Crippen molar-refractivity contribution in [1.82, 2.24) is 4.98 Å². The van der Waals surface area contributed by atoms with Crippen LogP contribution in [0.15, 0.2) is 0 Å². The van der Waals surface area contributed by atoms with Crippen molar-refractivity contribution in [2.24, 2.45) is 0 Å². The third kappa shape index (κ3) is 2.04. The molecule has 4 nitrogen and oxygen atoms in total. The Morgan fingerprint density at radius 1 is 1.44 bits per heavy atom. The Hall–Kier alpha value is -1.10. The standard InChI is InChI=1S/C11H16N2O2S/c1-7(2)8-9(10(14)15)16-11(12-8)13-5-3-4-6-13/h7H,3-6H2,1-2H3,(H,14,15). The fourth-order valence-corrected chi connectivity index (χ4v) is 3.02. The Balaban J connectivity index is 2.34. The molecule has 5 heteroatoms. The quantitative estimate of drug-likeness (QED) is 0.882. The summed E-state index contributed by atoms with van der Waals surface area (Å²) in [6.45, 7) is 5.97. The summed E-state index contributed by atoms with van der Waals surface area (Å²) in [5.74, 6) is -0.689. The van der Waals surface area contributed by atoms with Crippen LogP contribution in [0.2, 0.25) is 0 Å². The molecule has 1 aromatic heterocycles. The lowest BCUT2D eigenvalue weighted by Gasteiger charge is -2.12.